The fourth-order valence-corrected chi connectivity index (χ4v) is 6.34. The molecule has 0 saturated carbocycles. The summed E-state index contributed by atoms with van der Waals surface area (Å²) in [6.07, 6.45) is -24.3. The molecule has 15 atom stereocenters. The maximum Gasteiger partial charge on any atom is 0.330 e. The number of aliphatic hydroxyl groups is 9. The molecule has 2 aromatic rings. The van der Waals surface area contributed by atoms with E-state index in [9.17, 15) is 66.1 Å². The summed E-state index contributed by atoms with van der Waals surface area (Å²) < 4.78 is 45.4. The predicted molar refractivity (Wildman–Crippen MR) is 186 cm³/mol. The molecule has 0 aromatic heterocycles. The van der Waals surface area contributed by atoms with Crippen molar-refractivity contribution in [3.8, 4) is 23.0 Å². The van der Waals surface area contributed by atoms with Gasteiger partial charge in [-0.1, -0.05) is 12.1 Å². The van der Waals surface area contributed by atoms with Crippen molar-refractivity contribution in [2.75, 3.05) is 33.5 Å². The third-order valence-corrected chi connectivity index (χ3v) is 9.62. The van der Waals surface area contributed by atoms with Crippen LogP contribution in [0.4, 0.5) is 0 Å². The van der Waals surface area contributed by atoms with Crippen LogP contribution in [-0.4, -0.2) is 193 Å². The summed E-state index contributed by atoms with van der Waals surface area (Å²) in [5, 5.41) is 124. The lowest BCUT2D eigenvalue weighted by Gasteiger charge is -2.49. The Balaban J connectivity index is 1.44. The second-order valence-corrected chi connectivity index (χ2v) is 13.5. The summed E-state index contributed by atoms with van der Waals surface area (Å²) in [6.45, 7) is -2.57. The highest BCUT2D eigenvalue weighted by Gasteiger charge is 2.54. The Morgan fingerprint density at radius 3 is 1.82 bits per heavy atom. The van der Waals surface area contributed by atoms with E-state index < -0.39 is 124 Å². The molecule has 0 aliphatic carbocycles. The first kappa shape index (κ1) is 44.4. The van der Waals surface area contributed by atoms with Crippen LogP contribution in [0.1, 0.15) is 11.1 Å². The monoisotopic (exact) mass is 816 g/mol. The number of phenolic OH excluding ortho intramolecular Hbond substituents is 3. The zero-order chi connectivity index (χ0) is 41.6. The van der Waals surface area contributed by atoms with Crippen molar-refractivity contribution in [3.63, 3.8) is 0 Å². The van der Waals surface area contributed by atoms with Crippen molar-refractivity contribution >= 4 is 12.0 Å². The molecule has 0 radical (unpaired) electrons. The van der Waals surface area contributed by atoms with Gasteiger partial charge < -0.3 is 99.2 Å². The van der Waals surface area contributed by atoms with Crippen LogP contribution in [0.3, 0.4) is 0 Å². The average Bonchev–Trinajstić information content (AvgIpc) is 3.19. The van der Waals surface area contributed by atoms with E-state index in [1.165, 1.54) is 43.5 Å². The van der Waals surface area contributed by atoms with E-state index in [0.717, 1.165) is 6.08 Å². The smallest absolute Gasteiger partial charge is 0.330 e. The number of benzene rings is 2. The number of esters is 1. The normalized spacial score (nSPS) is 35.9. The molecule has 2 aromatic carbocycles. The molecule has 21 nitrogen and oxygen atoms in total. The number of aliphatic hydroxyl groups excluding tert-OH is 9. The van der Waals surface area contributed by atoms with Crippen molar-refractivity contribution in [3.05, 3.63) is 53.6 Å². The van der Waals surface area contributed by atoms with Gasteiger partial charge in [0.15, 0.2) is 41.9 Å². The zero-order valence-corrected chi connectivity index (χ0v) is 30.4. The highest BCUT2D eigenvalue weighted by molar-refractivity contribution is 5.87. The zero-order valence-electron chi connectivity index (χ0n) is 30.4. The summed E-state index contributed by atoms with van der Waals surface area (Å²) in [5.74, 6) is -1.74. The molecule has 5 rings (SSSR count). The summed E-state index contributed by atoms with van der Waals surface area (Å²) in [6, 6.07) is 8.34. The van der Waals surface area contributed by atoms with Gasteiger partial charge in [0.1, 0.15) is 79.9 Å². The number of hydrogen-bond acceptors (Lipinski definition) is 21. The first-order chi connectivity index (χ1) is 27.2. The molecule has 0 bridgehead atoms. The van der Waals surface area contributed by atoms with Crippen LogP contribution in [-0.2, 0) is 44.4 Å². The molecule has 57 heavy (non-hydrogen) atoms. The fourth-order valence-electron chi connectivity index (χ4n) is 6.34. The predicted octanol–water partition coefficient (Wildman–Crippen LogP) is -3.92. The molecule has 318 valence electrons. The van der Waals surface area contributed by atoms with E-state index >= 15 is 0 Å². The summed E-state index contributed by atoms with van der Waals surface area (Å²) in [4.78, 5) is 12.7. The van der Waals surface area contributed by atoms with Gasteiger partial charge in [0.25, 0.3) is 0 Å². The van der Waals surface area contributed by atoms with Gasteiger partial charge in [0.2, 0.25) is 0 Å². The van der Waals surface area contributed by atoms with Gasteiger partial charge in [-0.05, 0) is 47.9 Å². The Kier molecular flexibility index (Phi) is 15.4. The Hall–Kier alpha value is -3.75. The fraction of sp³-hybridized carbons (Fsp3) is 0.583. The molecular weight excluding hydrogens is 768 g/mol. The van der Waals surface area contributed by atoms with E-state index in [1.54, 1.807) is 6.07 Å². The number of aromatic hydroxyl groups is 3. The van der Waals surface area contributed by atoms with E-state index in [0.29, 0.717) is 11.1 Å². The average molecular weight is 817 g/mol. The number of methoxy groups -OCH3 is 1. The van der Waals surface area contributed by atoms with E-state index in [2.05, 4.69) is 0 Å². The van der Waals surface area contributed by atoms with Gasteiger partial charge in [0.05, 0.1) is 26.9 Å². The van der Waals surface area contributed by atoms with Crippen molar-refractivity contribution in [1.82, 2.24) is 0 Å². The number of carbonyl (C=O) groups is 1. The quantitative estimate of drug-likeness (QED) is 0.0464. The van der Waals surface area contributed by atoms with Crippen molar-refractivity contribution in [2.45, 2.75) is 98.5 Å². The molecule has 0 amide bonds. The van der Waals surface area contributed by atoms with Crippen LogP contribution in [0, 0.1) is 0 Å². The van der Waals surface area contributed by atoms with Crippen LogP contribution in [0.15, 0.2) is 42.5 Å². The van der Waals surface area contributed by atoms with Gasteiger partial charge in [-0.15, -0.1) is 0 Å². The first-order valence-corrected chi connectivity index (χ1v) is 17.8. The Bertz CT molecular complexity index is 1640. The second kappa shape index (κ2) is 19.8. The lowest BCUT2D eigenvalue weighted by molar-refractivity contribution is -0.391. The van der Waals surface area contributed by atoms with Crippen LogP contribution >= 0.6 is 0 Å². The Morgan fingerprint density at radius 1 is 0.667 bits per heavy atom. The minimum atomic E-state index is -1.99. The number of ether oxygens (including phenoxy) is 8. The molecule has 21 heteroatoms. The molecule has 3 fully saturated rings. The number of hydrogen-bond donors (Lipinski definition) is 12. The minimum Gasteiger partial charge on any atom is -0.504 e. The number of phenols is 3. The largest absolute Gasteiger partial charge is 0.504 e. The maximum absolute atomic E-state index is 12.7. The minimum absolute atomic E-state index is 0.113. The molecule has 3 saturated heterocycles. The lowest BCUT2D eigenvalue weighted by atomic mass is 9.96. The lowest BCUT2D eigenvalue weighted by Crippen LogP contribution is -2.67. The van der Waals surface area contributed by atoms with E-state index in [-0.39, 0.29) is 30.3 Å². The van der Waals surface area contributed by atoms with Gasteiger partial charge in [0, 0.05) is 6.08 Å². The first-order valence-electron chi connectivity index (χ1n) is 17.8. The third-order valence-electron chi connectivity index (χ3n) is 9.62. The number of rotatable bonds is 15. The second-order valence-electron chi connectivity index (χ2n) is 13.5. The molecular formula is C36H48O21. The van der Waals surface area contributed by atoms with Crippen LogP contribution in [0.5, 0.6) is 23.0 Å². The molecule has 0 unspecified atom stereocenters. The van der Waals surface area contributed by atoms with Crippen LogP contribution in [0.25, 0.3) is 6.08 Å². The molecule has 3 heterocycles. The van der Waals surface area contributed by atoms with Crippen molar-refractivity contribution in [1.29, 1.82) is 0 Å². The van der Waals surface area contributed by atoms with Crippen LogP contribution < -0.4 is 4.74 Å². The number of carbonyl (C=O) groups excluding carboxylic acids is 1. The summed E-state index contributed by atoms with van der Waals surface area (Å²) in [7, 11) is 1.37. The molecule has 12 N–H and O–H groups in total. The highest BCUT2D eigenvalue weighted by Crippen LogP contribution is 2.35. The Morgan fingerprint density at radius 2 is 1.26 bits per heavy atom. The topological polar surface area (TPSA) is 334 Å². The van der Waals surface area contributed by atoms with E-state index in [1.807, 2.05) is 0 Å². The van der Waals surface area contributed by atoms with Crippen molar-refractivity contribution < 1.29 is 104 Å². The third kappa shape index (κ3) is 10.5. The maximum atomic E-state index is 12.7. The SMILES string of the molecule is COc1ccc(CCO[C@@H]2O[C@H](COC(=O)/C=C/c3ccc(O)c(O)c3)[C@@H](O)[C@H](O[C@@H]3O[C@H](CO)[C@@H](O)[C@H](O)[C@H]3O)[C@H]2O[C@@H]2O[C@H](CO)[C@@H](O)[C@H](O)[C@H]2O)cc1O. The molecule has 3 aliphatic heterocycles. The van der Waals surface area contributed by atoms with Gasteiger partial charge >= 0.3 is 5.97 Å². The van der Waals surface area contributed by atoms with Crippen LogP contribution in [0.2, 0.25) is 0 Å². The van der Waals surface area contributed by atoms with E-state index in [4.69, 9.17) is 37.9 Å². The standard InChI is InChI=1S/C36H48O21/c1-50-20-6-3-16(11-19(20)41)8-9-51-36-33(57-35-31(49)29(47)26(44)22(13-38)54-35)32(56-34-30(48)28(46)25(43)21(12-37)53-34)27(45)23(55-36)14-52-24(42)7-4-15-2-5-17(39)18(40)10-15/h2-7,10-11,21-23,25-41,43-49H,8-9,12-14H2,1H3/b7-4+/t21-,22-,23-,25-,26-,27-,28+,29+,30-,31-,32+,33-,34+,35+,36-/m1/s1. The van der Waals surface area contributed by atoms with Gasteiger partial charge in [-0.2, -0.15) is 0 Å². The summed E-state index contributed by atoms with van der Waals surface area (Å²) >= 11 is 0. The highest BCUT2D eigenvalue weighted by atomic mass is 16.8. The Labute approximate surface area is 324 Å². The van der Waals surface area contributed by atoms with Gasteiger partial charge in [-0.25, -0.2) is 4.79 Å². The van der Waals surface area contributed by atoms with Gasteiger partial charge in [-0.3, -0.25) is 0 Å². The summed E-state index contributed by atoms with van der Waals surface area (Å²) in [5.41, 5.74) is 0.875. The molecule has 0 spiro atoms. The van der Waals surface area contributed by atoms with Crippen molar-refractivity contribution in [2.24, 2.45) is 0 Å². The molecule has 3 aliphatic rings.